The van der Waals surface area contributed by atoms with Crippen LogP contribution in [0.2, 0.25) is 0 Å². The number of amides is 3. The minimum absolute atomic E-state index is 0.0730. The SMILES string of the molecule is CC(C)C[C@@H](C(=O)OC(C)(C)C)N(C(=O)CN)C(=O)[C@@H](N)CC(=O)NC(c1ccccc1)(c1ccccc1)c1ccccc1. The third-order valence-corrected chi connectivity index (χ3v) is 7.04. The van der Waals surface area contributed by atoms with Crippen molar-refractivity contribution in [2.45, 2.75) is 70.7 Å². The van der Waals surface area contributed by atoms with Crippen molar-refractivity contribution in [3.63, 3.8) is 0 Å². The number of esters is 1. The Morgan fingerprint density at radius 3 is 1.59 bits per heavy atom. The minimum atomic E-state index is -1.44. The highest BCUT2D eigenvalue weighted by atomic mass is 16.6. The fraction of sp³-hybridized carbons (Fsp3) is 0.371. The van der Waals surface area contributed by atoms with E-state index in [4.69, 9.17) is 16.2 Å². The number of hydrogen-bond acceptors (Lipinski definition) is 7. The van der Waals surface area contributed by atoms with Crippen LogP contribution >= 0.6 is 0 Å². The lowest BCUT2D eigenvalue weighted by Crippen LogP contribution is -2.58. The molecule has 2 atom stereocenters. The first-order chi connectivity index (χ1) is 20.8. The average molecular weight is 601 g/mol. The number of carbonyl (C=O) groups is 4. The fourth-order valence-corrected chi connectivity index (χ4v) is 5.18. The van der Waals surface area contributed by atoms with E-state index in [2.05, 4.69) is 5.32 Å². The van der Waals surface area contributed by atoms with E-state index in [1.165, 1.54) is 0 Å². The molecule has 0 aliphatic rings. The van der Waals surface area contributed by atoms with E-state index < -0.39 is 59.9 Å². The Kier molecular flexibility index (Phi) is 11.6. The molecule has 3 amide bonds. The second-order valence-electron chi connectivity index (χ2n) is 12.2. The highest BCUT2D eigenvalue weighted by molar-refractivity contribution is 6.03. The predicted octanol–water partition coefficient (Wildman–Crippen LogP) is 3.88. The van der Waals surface area contributed by atoms with Gasteiger partial charge in [0.2, 0.25) is 17.7 Å². The Morgan fingerprint density at radius 2 is 1.23 bits per heavy atom. The highest BCUT2D eigenvalue weighted by Gasteiger charge is 2.41. The fourth-order valence-electron chi connectivity index (χ4n) is 5.18. The molecule has 0 saturated heterocycles. The first-order valence-electron chi connectivity index (χ1n) is 14.8. The molecule has 3 aromatic carbocycles. The van der Waals surface area contributed by atoms with E-state index in [-0.39, 0.29) is 12.3 Å². The van der Waals surface area contributed by atoms with Gasteiger partial charge in [-0.25, -0.2) is 4.79 Å². The molecule has 0 unspecified atom stereocenters. The first kappa shape index (κ1) is 34.2. The van der Waals surface area contributed by atoms with Crippen LogP contribution in [0.3, 0.4) is 0 Å². The summed E-state index contributed by atoms with van der Waals surface area (Å²) in [4.78, 5) is 54.7. The average Bonchev–Trinajstić information content (AvgIpc) is 2.99. The largest absolute Gasteiger partial charge is 0.458 e. The van der Waals surface area contributed by atoms with Gasteiger partial charge in [-0.3, -0.25) is 19.3 Å². The molecule has 0 saturated carbocycles. The van der Waals surface area contributed by atoms with Gasteiger partial charge >= 0.3 is 5.97 Å². The molecule has 234 valence electrons. The normalized spacial score (nSPS) is 13.1. The smallest absolute Gasteiger partial charge is 0.329 e. The van der Waals surface area contributed by atoms with Crippen LogP contribution in [0.25, 0.3) is 0 Å². The summed E-state index contributed by atoms with van der Waals surface area (Å²) >= 11 is 0. The number of benzene rings is 3. The summed E-state index contributed by atoms with van der Waals surface area (Å²) in [6, 6.07) is 25.8. The van der Waals surface area contributed by atoms with Crippen LogP contribution in [-0.2, 0) is 29.5 Å². The molecule has 0 heterocycles. The molecule has 3 rings (SSSR count). The molecular weight excluding hydrogens is 556 g/mol. The Labute approximate surface area is 259 Å². The van der Waals surface area contributed by atoms with E-state index in [0.717, 1.165) is 21.6 Å². The minimum Gasteiger partial charge on any atom is -0.458 e. The molecule has 0 aliphatic heterocycles. The maximum atomic E-state index is 13.9. The monoisotopic (exact) mass is 600 g/mol. The van der Waals surface area contributed by atoms with Gasteiger partial charge in [-0.1, -0.05) is 105 Å². The standard InChI is InChI=1S/C35H44N4O5/c1-24(2)21-29(33(43)44-34(3,4)5)39(31(41)23-36)32(42)28(37)22-30(40)38-35(25-15-9-6-10-16-25,26-17-11-7-12-18-26)27-19-13-8-14-20-27/h6-20,24,28-29H,21-23,36-37H2,1-5H3,(H,38,40)/t28-,29-/m0/s1. The Morgan fingerprint density at radius 1 is 0.795 bits per heavy atom. The number of carbonyl (C=O) groups excluding carboxylic acids is 4. The van der Waals surface area contributed by atoms with Gasteiger partial charge in [-0.2, -0.15) is 0 Å². The topological polar surface area (TPSA) is 145 Å². The van der Waals surface area contributed by atoms with Gasteiger partial charge in [0.15, 0.2) is 0 Å². The second kappa shape index (κ2) is 14.9. The third kappa shape index (κ3) is 8.39. The van der Waals surface area contributed by atoms with E-state index >= 15 is 0 Å². The lowest BCUT2D eigenvalue weighted by Gasteiger charge is -2.37. The molecule has 9 heteroatoms. The van der Waals surface area contributed by atoms with Crippen LogP contribution in [0.5, 0.6) is 0 Å². The van der Waals surface area contributed by atoms with Crippen molar-refractivity contribution >= 4 is 23.7 Å². The molecule has 3 aromatic rings. The summed E-state index contributed by atoms with van der Waals surface area (Å²) in [5.41, 5.74) is 12.4. The van der Waals surface area contributed by atoms with Crippen LogP contribution in [0, 0.1) is 5.92 Å². The zero-order valence-corrected chi connectivity index (χ0v) is 26.2. The van der Waals surface area contributed by atoms with Crippen molar-refractivity contribution in [3.8, 4) is 0 Å². The van der Waals surface area contributed by atoms with Gasteiger partial charge in [0, 0.05) is 0 Å². The molecule has 0 aromatic heterocycles. The summed E-state index contributed by atoms with van der Waals surface area (Å²) in [5, 5.41) is 3.17. The Hall–Kier alpha value is -4.34. The van der Waals surface area contributed by atoms with Gasteiger partial charge in [0.1, 0.15) is 17.2 Å². The molecule has 5 N–H and O–H groups in total. The molecular formula is C35H44N4O5. The molecule has 9 nitrogen and oxygen atoms in total. The number of hydrogen-bond donors (Lipinski definition) is 3. The maximum Gasteiger partial charge on any atom is 0.329 e. The van der Waals surface area contributed by atoms with Crippen molar-refractivity contribution in [2.75, 3.05) is 6.54 Å². The molecule has 0 fully saturated rings. The maximum absolute atomic E-state index is 13.9. The molecule has 0 spiro atoms. The Bertz CT molecular complexity index is 1310. The van der Waals surface area contributed by atoms with Gasteiger partial charge in [0.05, 0.1) is 19.0 Å². The third-order valence-electron chi connectivity index (χ3n) is 7.04. The lowest BCUT2D eigenvalue weighted by atomic mass is 9.77. The Balaban J connectivity index is 2.00. The van der Waals surface area contributed by atoms with Gasteiger partial charge in [-0.05, 0) is 49.8 Å². The summed E-state index contributed by atoms with van der Waals surface area (Å²) in [6.45, 7) is 8.28. The number of nitrogens with one attached hydrogen (secondary N) is 1. The van der Waals surface area contributed by atoms with E-state index in [1.807, 2.05) is 105 Å². The summed E-state index contributed by atoms with van der Waals surface area (Å²) < 4.78 is 5.55. The quantitative estimate of drug-likeness (QED) is 0.211. The van der Waals surface area contributed by atoms with Gasteiger partial charge in [0.25, 0.3) is 0 Å². The molecule has 0 aliphatic carbocycles. The van der Waals surface area contributed by atoms with Gasteiger partial charge < -0.3 is 21.5 Å². The predicted molar refractivity (Wildman–Crippen MR) is 170 cm³/mol. The second-order valence-corrected chi connectivity index (χ2v) is 12.2. The number of nitrogens with two attached hydrogens (primary N) is 2. The molecule has 44 heavy (non-hydrogen) atoms. The lowest BCUT2D eigenvalue weighted by molar-refractivity contribution is -0.169. The number of ether oxygens (including phenoxy) is 1. The zero-order valence-electron chi connectivity index (χ0n) is 26.2. The van der Waals surface area contributed by atoms with Crippen molar-refractivity contribution in [3.05, 3.63) is 108 Å². The highest BCUT2D eigenvalue weighted by Crippen LogP contribution is 2.37. The van der Waals surface area contributed by atoms with Gasteiger partial charge in [-0.15, -0.1) is 0 Å². The van der Waals surface area contributed by atoms with Crippen molar-refractivity contribution in [2.24, 2.45) is 17.4 Å². The van der Waals surface area contributed by atoms with Crippen LogP contribution in [0.1, 0.15) is 64.2 Å². The van der Waals surface area contributed by atoms with Crippen molar-refractivity contribution in [1.82, 2.24) is 10.2 Å². The number of imide groups is 1. The van der Waals surface area contributed by atoms with Crippen LogP contribution in [-0.4, -0.2) is 52.8 Å². The number of rotatable bonds is 12. The summed E-state index contributed by atoms with van der Waals surface area (Å²) in [7, 11) is 0. The van der Waals surface area contributed by atoms with Crippen LogP contribution in [0.15, 0.2) is 91.0 Å². The molecule has 0 radical (unpaired) electrons. The van der Waals surface area contributed by atoms with E-state index in [1.54, 1.807) is 20.8 Å². The summed E-state index contributed by atoms with van der Waals surface area (Å²) in [6.07, 6.45) is -0.311. The zero-order chi connectivity index (χ0) is 32.5. The summed E-state index contributed by atoms with van der Waals surface area (Å²) in [5.74, 6) is -3.00. The van der Waals surface area contributed by atoms with Crippen molar-refractivity contribution in [1.29, 1.82) is 0 Å². The first-order valence-corrected chi connectivity index (χ1v) is 14.8. The van der Waals surface area contributed by atoms with Crippen LogP contribution < -0.4 is 16.8 Å². The van der Waals surface area contributed by atoms with E-state index in [9.17, 15) is 19.2 Å². The molecule has 0 bridgehead atoms. The van der Waals surface area contributed by atoms with E-state index in [0.29, 0.717) is 0 Å². The van der Waals surface area contributed by atoms with Crippen LogP contribution in [0.4, 0.5) is 0 Å². The van der Waals surface area contributed by atoms with Crippen molar-refractivity contribution < 1.29 is 23.9 Å². The number of nitrogens with zero attached hydrogens (tertiary/aromatic N) is 1.